The molecule has 0 aromatic heterocycles. The van der Waals surface area contributed by atoms with Crippen LogP contribution >= 0.6 is 0 Å². The SMILES string of the molecule is Cc1ccc(C(=O)NC2CC2)cc1-c1ccc(C(=O)C(C)O)cc1. The first-order valence-corrected chi connectivity index (χ1v) is 8.20. The third kappa shape index (κ3) is 3.54. The maximum Gasteiger partial charge on any atom is 0.251 e. The lowest BCUT2D eigenvalue weighted by molar-refractivity contribution is 0.0779. The molecule has 1 aliphatic rings. The zero-order valence-electron chi connectivity index (χ0n) is 13.9. The van der Waals surface area contributed by atoms with Crippen molar-refractivity contribution in [2.24, 2.45) is 0 Å². The molecule has 24 heavy (non-hydrogen) atoms. The Kier molecular flexibility index (Phi) is 4.49. The van der Waals surface area contributed by atoms with Crippen LogP contribution in [-0.4, -0.2) is 28.9 Å². The summed E-state index contributed by atoms with van der Waals surface area (Å²) in [5, 5.41) is 12.4. The molecule has 0 heterocycles. The summed E-state index contributed by atoms with van der Waals surface area (Å²) in [5.74, 6) is -0.338. The molecule has 2 aromatic carbocycles. The van der Waals surface area contributed by atoms with Crippen molar-refractivity contribution in [1.29, 1.82) is 0 Å². The number of carbonyl (C=O) groups excluding carboxylic acids is 2. The molecule has 1 fully saturated rings. The van der Waals surface area contributed by atoms with E-state index in [9.17, 15) is 14.7 Å². The van der Waals surface area contributed by atoms with Gasteiger partial charge in [0.1, 0.15) is 6.10 Å². The van der Waals surface area contributed by atoms with Gasteiger partial charge >= 0.3 is 0 Å². The summed E-state index contributed by atoms with van der Waals surface area (Å²) in [4.78, 5) is 24.0. The van der Waals surface area contributed by atoms with E-state index in [1.807, 2.05) is 37.3 Å². The lowest BCUT2D eigenvalue weighted by Crippen LogP contribution is -2.25. The highest BCUT2D eigenvalue weighted by molar-refractivity contribution is 5.99. The number of nitrogens with one attached hydrogen (secondary N) is 1. The summed E-state index contributed by atoms with van der Waals surface area (Å²) in [5.41, 5.74) is 4.10. The molecule has 1 amide bonds. The van der Waals surface area contributed by atoms with Gasteiger partial charge in [-0.3, -0.25) is 9.59 Å². The molecule has 0 radical (unpaired) electrons. The van der Waals surface area contributed by atoms with Crippen molar-refractivity contribution in [2.75, 3.05) is 0 Å². The number of Topliss-reactive ketones (excluding diaryl/α,β-unsaturated/α-hetero) is 1. The summed E-state index contributed by atoms with van der Waals surface area (Å²) in [6.45, 7) is 3.45. The van der Waals surface area contributed by atoms with Gasteiger partial charge in [-0.1, -0.05) is 30.3 Å². The summed E-state index contributed by atoms with van der Waals surface area (Å²) >= 11 is 0. The number of benzene rings is 2. The number of hydrogen-bond acceptors (Lipinski definition) is 3. The molecule has 2 aromatic rings. The third-order valence-corrected chi connectivity index (χ3v) is 4.27. The van der Waals surface area contributed by atoms with E-state index in [2.05, 4.69) is 5.32 Å². The molecule has 0 spiro atoms. The Morgan fingerprint density at radius 2 is 1.71 bits per heavy atom. The topological polar surface area (TPSA) is 66.4 Å². The quantitative estimate of drug-likeness (QED) is 0.831. The van der Waals surface area contributed by atoms with Gasteiger partial charge in [0.25, 0.3) is 5.91 Å². The standard InChI is InChI=1S/C20H21NO3/c1-12-3-4-16(20(24)21-17-9-10-17)11-18(12)14-5-7-15(8-6-14)19(23)13(2)22/h3-8,11,13,17,22H,9-10H2,1-2H3,(H,21,24). The Morgan fingerprint density at radius 1 is 1.08 bits per heavy atom. The molecule has 1 aliphatic carbocycles. The van der Waals surface area contributed by atoms with Crippen molar-refractivity contribution >= 4 is 11.7 Å². The minimum atomic E-state index is -1.01. The van der Waals surface area contributed by atoms with Gasteiger partial charge in [-0.15, -0.1) is 0 Å². The third-order valence-electron chi connectivity index (χ3n) is 4.27. The van der Waals surface area contributed by atoms with E-state index in [0.29, 0.717) is 17.2 Å². The Labute approximate surface area is 141 Å². The van der Waals surface area contributed by atoms with E-state index in [0.717, 1.165) is 29.5 Å². The summed E-state index contributed by atoms with van der Waals surface area (Å²) in [6, 6.07) is 13.1. The molecule has 2 N–H and O–H groups in total. The van der Waals surface area contributed by atoms with E-state index >= 15 is 0 Å². The second kappa shape index (κ2) is 6.57. The molecule has 124 valence electrons. The maximum atomic E-state index is 12.2. The largest absolute Gasteiger partial charge is 0.385 e. The fourth-order valence-corrected chi connectivity index (χ4v) is 2.63. The van der Waals surface area contributed by atoms with Crippen LogP contribution in [0.3, 0.4) is 0 Å². The fraction of sp³-hybridized carbons (Fsp3) is 0.300. The van der Waals surface area contributed by atoms with Crippen LogP contribution in [0, 0.1) is 6.92 Å². The van der Waals surface area contributed by atoms with Gasteiger partial charge in [-0.25, -0.2) is 0 Å². The van der Waals surface area contributed by atoms with Crippen LogP contribution in [0.4, 0.5) is 0 Å². The first-order chi connectivity index (χ1) is 11.5. The molecule has 4 heteroatoms. The van der Waals surface area contributed by atoms with Crippen molar-refractivity contribution in [1.82, 2.24) is 5.32 Å². The second-order valence-electron chi connectivity index (χ2n) is 6.40. The zero-order chi connectivity index (χ0) is 17.3. The zero-order valence-corrected chi connectivity index (χ0v) is 13.9. The van der Waals surface area contributed by atoms with Crippen molar-refractivity contribution < 1.29 is 14.7 Å². The van der Waals surface area contributed by atoms with Crippen LogP contribution in [0.2, 0.25) is 0 Å². The fourth-order valence-electron chi connectivity index (χ4n) is 2.63. The van der Waals surface area contributed by atoms with Crippen LogP contribution in [0.15, 0.2) is 42.5 Å². The molecule has 1 atom stereocenters. The van der Waals surface area contributed by atoms with Crippen LogP contribution < -0.4 is 5.32 Å². The number of aryl methyl sites for hydroxylation is 1. The summed E-state index contributed by atoms with van der Waals surface area (Å²) in [7, 11) is 0. The normalized spacial score (nSPS) is 15.0. The average Bonchev–Trinajstić information content (AvgIpc) is 3.38. The monoisotopic (exact) mass is 323 g/mol. The van der Waals surface area contributed by atoms with E-state index < -0.39 is 6.10 Å². The maximum absolute atomic E-state index is 12.2. The number of carbonyl (C=O) groups is 2. The number of amides is 1. The first-order valence-electron chi connectivity index (χ1n) is 8.20. The number of rotatable bonds is 5. The van der Waals surface area contributed by atoms with E-state index in [-0.39, 0.29) is 11.7 Å². The molecule has 1 unspecified atom stereocenters. The highest BCUT2D eigenvalue weighted by Crippen LogP contribution is 2.26. The minimum Gasteiger partial charge on any atom is -0.385 e. The molecule has 0 aliphatic heterocycles. The van der Waals surface area contributed by atoms with E-state index in [4.69, 9.17) is 0 Å². The minimum absolute atomic E-state index is 0.0420. The van der Waals surface area contributed by atoms with Crippen LogP contribution in [0.25, 0.3) is 11.1 Å². The van der Waals surface area contributed by atoms with Crippen LogP contribution in [0.5, 0.6) is 0 Å². The number of aliphatic hydroxyl groups is 1. The molecule has 3 rings (SSSR count). The molecule has 4 nitrogen and oxygen atoms in total. The van der Waals surface area contributed by atoms with Gasteiger partial charge < -0.3 is 10.4 Å². The van der Waals surface area contributed by atoms with Crippen molar-refractivity contribution in [2.45, 2.75) is 38.8 Å². The van der Waals surface area contributed by atoms with Gasteiger partial charge in [0.2, 0.25) is 0 Å². The predicted octanol–water partition coefficient (Wildman–Crippen LogP) is 3.12. The van der Waals surface area contributed by atoms with Gasteiger partial charge in [-0.05, 0) is 55.5 Å². The Morgan fingerprint density at radius 3 is 2.29 bits per heavy atom. The van der Waals surface area contributed by atoms with Gasteiger partial charge in [0.05, 0.1) is 0 Å². The average molecular weight is 323 g/mol. The van der Waals surface area contributed by atoms with Gasteiger partial charge in [0, 0.05) is 17.2 Å². The number of aliphatic hydroxyl groups excluding tert-OH is 1. The Hall–Kier alpha value is -2.46. The highest BCUT2D eigenvalue weighted by atomic mass is 16.3. The molecular formula is C20H21NO3. The second-order valence-corrected chi connectivity index (χ2v) is 6.40. The smallest absolute Gasteiger partial charge is 0.251 e. The first kappa shape index (κ1) is 16.4. The van der Waals surface area contributed by atoms with Crippen molar-refractivity contribution in [3.8, 4) is 11.1 Å². The molecular weight excluding hydrogens is 302 g/mol. The summed E-state index contributed by atoms with van der Waals surface area (Å²) in [6.07, 6.45) is 1.11. The van der Waals surface area contributed by atoms with Crippen LogP contribution in [-0.2, 0) is 0 Å². The summed E-state index contributed by atoms with van der Waals surface area (Å²) < 4.78 is 0. The Bertz CT molecular complexity index is 774. The number of hydrogen-bond donors (Lipinski definition) is 2. The predicted molar refractivity (Wildman–Crippen MR) is 93.1 cm³/mol. The Balaban J connectivity index is 1.87. The van der Waals surface area contributed by atoms with Crippen LogP contribution in [0.1, 0.15) is 46.0 Å². The number of ketones is 1. The van der Waals surface area contributed by atoms with Gasteiger partial charge in [-0.2, -0.15) is 0 Å². The van der Waals surface area contributed by atoms with Crippen molar-refractivity contribution in [3.05, 3.63) is 59.2 Å². The lowest BCUT2D eigenvalue weighted by Gasteiger charge is -2.11. The molecule has 0 saturated heterocycles. The van der Waals surface area contributed by atoms with E-state index in [1.165, 1.54) is 6.92 Å². The molecule has 1 saturated carbocycles. The highest BCUT2D eigenvalue weighted by Gasteiger charge is 2.24. The van der Waals surface area contributed by atoms with Crippen molar-refractivity contribution in [3.63, 3.8) is 0 Å². The van der Waals surface area contributed by atoms with E-state index in [1.54, 1.807) is 12.1 Å². The lowest BCUT2D eigenvalue weighted by atomic mass is 9.96. The molecule has 0 bridgehead atoms. The van der Waals surface area contributed by atoms with Gasteiger partial charge in [0.15, 0.2) is 5.78 Å².